The monoisotopic (exact) mass is 396 g/mol. The lowest BCUT2D eigenvalue weighted by Gasteiger charge is -2.11. The highest BCUT2D eigenvalue weighted by atomic mass is 35.5. The van der Waals surface area contributed by atoms with Crippen molar-refractivity contribution in [3.63, 3.8) is 0 Å². The summed E-state index contributed by atoms with van der Waals surface area (Å²) in [6, 6.07) is 22.5. The zero-order valence-electron chi connectivity index (χ0n) is 14.5. The van der Waals surface area contributed by atoms with E-state index in [0.717, 1.165) is 11.1 Å². The first-order valence-corrected chi connectivity index (χ1v) is 8.97. The minimum absolute atomic E-state index is 0.188. The van der Waals surface area contributed by atoms with Gasteiger partial charge in [-0.1, -0.05) is 54.1 Å². The van der Waals surface area contributed by atoms with E-state index >= 15 is 0 Å². The van der Waals surface area contributed by atoms with Gasteiger partial charge >= 0.3 is 0 Å². The number of carbonyl (C=O) groups is 1. The molecule has 0 bridgehead atoms. The van der Waals surface area contributed by atoms with Gasteiger partial charge in [-0.2, -0.15) is 0 Å². The van der Waals surface area contributed by atoms with Gasteiger partial charge in [-0.3, -0.25) is 10.1 Å². The highest BCUT2D eigenvalue weighted by molar-refractivity contribution is 7.80. The van der Waals surface area contributed by atoms with Crippen molar-refractivity contribution in [2.45, 2.75) is 0 Å². The molecule has 0 atom stereocenters. The summed E-state index contributed by atoms with van der Waals surface area (Å²) in [6.45, 7) is 0. The number of thiocarbonyl (C=S) groups is 1. The summed E-state index contributed by atoms with van der Waals surface area (Å²) >= 11 is 11.3. The smallest absolute Gasteiger partial charge is 0.257 e. The molecule has 3 aromatic rings. The van der Waals surface area contributed by atoms with Crippen molar-refractivity contribution in [1.29, 1.82) is 0 Å². The maximum atomic E-state index is 12.4. The third kappa shape index (κ3) is 4.84. The van der Waals surface area contributed by atoms with E-state index in [1.807, 2.05) is 42.5 Å². The number of rotatable bonds is 4. The zero-order chi connectivity index (χ0) is 19.2. The predicted molar refractivity (Wildman–Crippen MR) is 114 cm³/mol. The molecule has 136 valence electrons. The van der Waals surface area contributed by atoms with Crippen LogP contribution in [0.5, 0.6) is 5.75 Å². The first kappa shape index (κ1) is 18.9. The highest BCUT2D eigenvalue weighted by Gasteiger charge is 2.09. The number of hydrogen-bond acceptors (Lipinski definition) is 3. The first-order valence-electron chi connectivity index (χ1n) is 8.18. The number of halogens is 1. The summed E-state index contributed by atoms with van der Waals surface area (Å²) in [5.74, 6) is 0.280. The molecule has 0 saturated heterocycles. The topological polar surface area (TPSA) is 50.4 Å². The Hall–Kier alpha value is -2.89. The van der Waals surface area contributed by atoms with Crippen LogP contribution in [-0.4, -0.2) is 18.1 Å². The van der Waals surface area contributed by atoms with Crippen LogP contribution < -0.4 is 15.4 Å². The van der Waals surface area contributed by atoms with Crippen LogP contribution in [0.3, 0.4) is 0 Å². The van der Waals surface area contributed by atoms with Gasteiger partial charge in [0, 0.05) is 11.3 Å². The summed E-state index contributed by atoms with van der Waals surface area (Å²) < 4.78 is 5.11. The van der Waals surface area contributed by atoms with Gasteiger partial charge in [0.2, 0.25) is 0 Å². The van der Waals surface area contributed by atoms with Crippen LogP contribution in [0.2, 0.25) is 5.02 Å². The molecule has 0 saturated carbocycles. The number of hydrogen-bond donors (Lipinski definition) is 2. The van der Waals surface area contributed by atoms with Crippen LogP contribution in [0.25, 0.3) is 11.1 Å². The summed E-state index contributed by atoms with van der Waals surface area (Å²) in [4.78, 5) is 12.4. The Morgan fingerprint density at radius 3 is 2.26 bits per heavy atom. The zero-order valence-corrected chi connectivity index (χ0v) is 16.1. The second-order valence-electron chi connectivity index (χ2n) is 5.70. The Balaban J connectivity index is 1.63. The van der Waals surface area contributed by atoms with E-state index in [1.165, 1.54) is 0 Å². The van der Waals surface area contributed by atoms with Crippen LogP contribution >= 0.6 is 23.8 Å². The van der Waals surface area contributed by atoms with Gasteiger partial charge in [0.1, 0.15) is 5.75 Å². The predicted octanol–water partition coefficient (Wildman–Crippen LogP) is 5.14. The largest absolute Gasteiger partial charge is 0.495 e. The first-order chi connectivity index (χ1) is 13.1. The Kier molecular flexibility index (Phi) is 6.06. The van der Waals surface area contributed by atoms with Gasteiger partial charge < -0.3 is 10.1 Å². The van der Waals surface area contributed by atoms with Crippen molar-refractivity contribution in [1.82, 2.24) is 5.32 Å². The molecule has 0 heterocycles. The summed E-state index contributed by atoms with van der Waals surface area (Å²) in [6.07, 6.45) is 0. The molecule has 0 aliphatic rings. The third-order valence-electron chi connectivity index (χ3n) is 3.89. The molecule has 0 aromatic heterocycles. The van der Waals surface area contributed by atoms with Crippen molar-refractivity contribution in [2.24, 2.45) is 0 Å². The van der Waals surface area contributed by atoms with Crippen molar-refractivity contribution in [3.8, 4) is 16.9 Å². The van der Waals surface area contributed by atoms with Crippen molar-refractivity contribution in [3.05, 3.63) is 83.4 Å². The minimum Gasteiger partial charge on any atom is -0.495 e. The molecule has 4 nitrogen and oxygen atoms in total. The fourth-order valence-electron chi connectivity index (χ4n) is 2.53. The number of carbonyl (C=O) groups excluding carboxylic acids is 1. The average molecular weight is 397 g/mol. The maximum Gasteiger partial charge on any atom is 0.257 e. The van der Waals surface area contributed by atoms with Gasteiger partial charge in [0.15, 0.2) is 5.11 Å². The standard InChI is InChI=1S/C21H17ClN2O2S/c1-26-19-12-11-17(13-18(19)22)23-21(27)24-20(25)16-9-7-15(8-10-16)14-5-3-2-4-6-14/h2-13H,1H3,(H2,23,24,25,27). The second kappa shape index (κ2) is 8.66. The Morgan fingerprint density at radius 2 is 1.63 bits per heavy atom. The van der Waals surface area contributed by atoms with Gasteiger partial charge in [0.05, 0.1) is 12.1 Å². The van der Waals surface area contributed by atoms with E-state index < -0.39 is 0 Å². The molecule has 3 rings (SSSR count). The van der Waals surface area contributed by atoms with Gasteiger partial charge in [-0.25, -0.2) is 0 Å². The lowest BCUT2D eigenvalue weighted by molar-refractivity contribution is 0.0978. The minimum atomic E-state index is -0.285. The Labute approximate surface area is 168 Å². The van der Waals surface area contributed by atoms with E-state index in [9.17, 15) is 4.79 Å². The molecule has 6 heteroatoms. The highest BCUT2D eigenvalue weighted by Crippen LogP contribution is 2.27. The van der Waals surface area contributed by atoms with Crippen molar-refractivity contribution >= 4 is 40.5 Å². The van der Waals surface area contributed by atoms with E-state index in [0.29, 0.717) is 22.0 Å². The molecule has 27 heavy (non-hydrogen) atoms. The maximum absolute atomic E-state index is 12.4. The van der Waals surface area contributed by atoms with Crippen LogP contribution in [0.15, 0.2) is 72.8 Å². The van der Waals surface area contributed by atoms with Crippen molar-refractivity contribution in [2.75, 3.05) is 12.4 Å². The number of amides is 1. The molecular weight excluding hydrogens is 380 g/mol. The van der Waals surface area contributed by atoms with Crippen LogP contribution in [0.1, 0.15) is 10.4 Å². The molecule has 0 unspecified atom stereocenters. The van der Waals surface area contributed by atoms with Gasteiger partial charge in [-0.05, 0) is 53.7 Å². The summed E-state index contributed by atoms with van der Waals surface area (Å²) in [5, 5.41) is 6.23. The number of benzene rings is 3. The number of methoxy groups -OCH3 is 1. The molecule has 1 amide bonds. The Morgan fingerprint density at radius 1 is 0.963 bits per heavy atom. The normalized spacial score (nSPS) is 10.1. The fourth-order valence-corrected chi connectivity index (χ4v) is 2.99. The van der Waals surface area contributed by atoms with E-state index in [4.69, 9.17) is 28.6 Å². The van der Waals surface area contributed by atoms with Crippen LogP contribution in [-0.2, 0) is 0 Å². The average Bonchev–Trinajstić information content (AvgIpc) is 2.69. The molecule has 2 N–H and O–H groups in total. The summed E-state index contributed by atoms with van der Waals surface area (Å²) in [7, 11) is 1.54. The molecule has 0 aliphatic carbocycles. The van der Waals surface area contributed by atoms with E-state index in [-0.39, 0.29) is 11.0 Å². The Bertz CT molecular complexity index is 960. The molecule has 0 spiro atoms. The van der Waals surface area contributed by atoms with E-state index in [2.05, 4.69) is 10.6 Å². The number of anilines is 1. The molecule has 0 fully saturated rings. The fraction of sp³-hybridized carbons (Fsp3) is 0.0476. The second-order valence-corrected chi connectivity index (χ2v) is 6.52. The quantitative estimate of drug-likeness (QED) is 0.599. The van der Waals surface area contributed by atoms with Gasteiger partial charge in [0.25, 0.3) is 5.91 Å². The number of ether oxygens (including phenoxy) is 1. The van der Waals surface area contributed by atoms with Crippen LogP contribution in [0, 0.1) is 0 Å². The SMILES string of the molecule is COc1ccc(NC(=S)NC(=O)c2ccc(-c3ccccc3)cc2)cc1Cl. The van der Waals surface area contributed by atoms with Crippen molar-refractivity contribution < 1.29 is 9.53 Å². The van der Waals surface area contributed by atoms with E-state index in [1.54, 1.807) is 37.4 Å². The summed E-state index contributed by atoms with van der Waals surface area (Å²) in [5.41, 5.74) is 3.32. The van der Waals surface area contributed by atoms with Crippen LogP contribution in [0.4, 0.5) is 5.69 Å². The third-order valence-corrected chi connectivity index (χ3v) is 4.39. The molecule has 0 radical (unpaired) electrons. The number of nitrogens with one attached hydrogen (secondary N) is 2. The lowest BCUT2D eigenvalue weighted by atomic mass is 10.0. The molecular formula is C21H17ClN2O2S. The lowest BCUT2D eigenvalue weighted by Crippen LogP contribution is -2.34. The van der Waals surface area contributed by atoms with Gasteiger partial charge in [-0.15, -0.1) is 0 Å². The molecule has 0 aliphatic heterocycles. The molecule has 3 aromatic carbocycles.